The average Bonchev–Trinajstić information content (AvgIpc) is 3.24. The van der Waals surface area contributed by atoms with Gasteiger partial charge in [-0.1, -0.05) is 57.2 Å². The molecule has 0 unspecified atom stereocenters. The van der Waals surface area contributed by atoms with Crippen LogP contribution in [-0.2, 0) is 0 Å². The molecular formula is C22H18BrN5O2S2. The molecule has 0 aliphatic carbocycles. The van der Waals surface area contributed by atoms with E-state index in [2.05, 4.69) is 41.5 Å². The van der Waals surface area contributed by atoms with Crippen molar-refractivity contribution in [3.05, 3.63) is 88.9 Å². The fourth-order valence-corrected chi connectivity index (χ4v) is 5.04. The largest absolute Gasteiger partial charge is 0.387 e. The van der Waals surface area contributed by atoms with E-state index in [9.17, 15) is 9.90 Å². The van der Waals surface area contributed by atoms with Gasteiger partial charge in [0.05, 0.1) is 16.5 Å². The van der Waals surface area contributed by atoms with Crippen LogP contribution < -0.4 is 10.6 Å². The topological polar surface area (TPSA) is 100 Å². The van der Waals surface area contributed by atoms with Crippen molar-refractivity contribution in [1.29, 1.82) is 0 Å². The van der Waals surface area contributed by atoms with Crippen LogP contribution in [0.2, 0.25) is 0 Å². The summed E-state index contributed by atoms with van der Waals surface area (Å²) in [4.78, 5) is 26.2. The Hall–Kier alpha value is -2.79. The lowest BCUT2D eigenvalue weighted by molar-refractivity contribution is 0.0911. The zero-order chi connectivity index (χ0) is 22.3. The maximum absolute atomic E-state index is 12.5. The number of hydrogen-bond donors (Lipinski definition) is 3. The summed E-state index contributed by atoms with van der Waals surface area (Å²) in [6.07, 6.45) is 4.27. The number of aromatic nitrogens is 3. The first-order valence-corrected chi connectivity index (χ1v) is 12.0. The molecule has 4 aromatic rings. The molecule has 3 aromatic heterocycles. The van der Waals surface area contributed by atoms with Crippen LogP contribution in [-0.4, -0.2) is 32.5 Å². The van der Waals surface area contributed by atoms with E-state index in [4.69, 9.17) is 0 Å². The maximum atomic E-state index is 12.5. The third-order valence-electron chi connectivity index (χ3n) is 4.26. The summed E-state index contributed by atoms with van der Waals surface area (Å²) in [6, 6.07) is 16.5. The van der Waals surface area contributed by atoms with E-state index in [0.29, 0.717) is 0 Å². The van der Waals surface area contributed by atoms with Crippen molar-refractivity contribution in [1.82, 2.24) is 20.3 Å². The molecule has 32 heavy (non-hydrogen) atoms. The van der Waals surface area contributed by atoms with Crippen LogP contribution in [0.25, 0.3) is 0 Å². The molecule has 10 heteroatoms. The molecule has 0 aliphatic rings. The van der Waals surface area contributed by atoms with Gasteiger partial charge in [-0.05, 0) is 42.0 Å². The van der Waals surface area contributed by atoms with Gasteiger partial charge in [-0.25, -0.2) is 9.97 Å². The molecule has 0 radical (unpaired) electrons. The minimum absolute atomic E-state index is 0.0890. The van der Waals surface area contributed by atoms with E-state index >= 15 is 0 Å². The highest BCUT2D eigenvalue weighted by atomic mass is 79.9. The van der Waals surface area contributed by atoms with Crippen LogP contribution in [0, 0.1) is 0 Å². The first kappa shape index (κ1) is 22.4. The number of nitrogens with one attached hydrogen (secondary N) is 2. The third kappa shape index (κ3) is 6.13. The number of thiazole rings is 1. The van der Waals surface area contributed by atoms with Crippen LogP contribution in [0.3, 0.4) is 0 Å². The molecule has 0 saturated carbocycles. The number of benzene rings is 1. The van der Waals surface area contributed by atoms with Crippen LogP contribution in [0.4, 0.5) is 10.9 Å². The zero-order valence-corrected chi connectivity index (χ0v) is 19.8. The summed E-state index contributed by atoms with van der Waals surface area (Å²) in [6.45, 7) is 0.0890. The molecule has 0 spiro atoms. The lowest BCUT2D eigenvalue weighted by atomic mass is 10.1. The zero-order valence-electron chi connectivity index (χ0n) is 16.6. The first-order valence-electron chi connectivity index (χ1n) is 9.56. The van der Waals surface area contributed by atoms with E-state index in [1.54, 1.807) is 24.7 Å². The van der Waals surface area contributed by atoms with E-state index < -0.39 is 6.10 Å². The molecule has 3 N–H and O–H groups in total. The molecule has 4 rings (SSSR count). The Morgan fingerprint density at radius 2 is 2.00 bits per heavy atom. The molecule has 0 aliphatic heterocycles. The van der Waals surface area contributed by atoms with Crippen molar-refractivity contribution in [2.24, 2.45) is 0 Å². The van der Waals surface area contributed by atoms with E-state index in [1.807, 2.05) is 48.5 Å². The SMILES string of the molecule is O=C(NC[C@@H](O)c1cccc(Br)c1)c1cc(Sc2cnc(Nc3ccccn3)s2)ccn1. The predicted molar refractivity (Wildman–Crippen MR) is 129 cm³/mol. The summed E-state index contributed by atoms with van der Waals surface area (Å²) in [5, 5.41) is 17.0. The van der Waals surface area contributed by atoms with Crippen LogP contribution in [0.5, 0.6) is 0 Å². The molecule has 1 aromatic carbocycles. The summed E-state index contributed by atoms with van der Waals surface area (Å²) >= 11 is 6.37. The normalized spacial score (nSPS) is 11.7. The molecule has 162 valence electrons. The fraction of sp³-hybridized carbons (Fsp3) is 0.0909. The molecule has 0 saturated heterocycles. The minimum atomic E-state index is -0.809. The highest BCUT2D eigenvalue weighted by Crippen LogP contribution is 2.34. The third-order valence-corrected chi connectivity index (χ3v) is 6.75. The Morgan fingerprint density at radius 1 is 1.09 bits per heavy atom. The van der Waals surface area contributed by atoms with Gasteiger partial charge in [-0.15, -0.1) is 0 Å². The number of anilines is 2. The second-order valence-electron chi connectivity index (χ2n) is 6.58. The number of amides is 1. The van der Waals surface area contributed by atoms with Crippen molar-refractivity contribution in [3.63, 3.8) is 0 Å². The Balaban J connectivity index is 1.35. The van der Waals surface area contributed by atoms with E-state index in [-0.39, 0.29) is 18.1 Å². The van der Waals surface area contributed by atoms with Gasteiger partial charge in [0.25, 0.3) is 5.91 Å². The second kappa shape index (κ2) is 10.7. The smallest absolute Gasteiger partial charge is 0.270 e. The summed E-state index contributed by atoms with van der Waals surface area (Å²) in [5.41, 5.74) is 1.00. The fourth-order valence-electron chi connectivity index (χ4n) is 2.74. The maximum Gasteiger partial charge on any atom is 0.270 e. The standard InChI is InChI=1S/C22H18BrN5O2S2/c23-15-5-3-4-14(10-15)18(29)12-26-21(30)17-11-16(7-9-24-17)31-20-13-27-22(32-20)28-19-6-1-2-8-25-19/h1-11,13,18,29H,12H2,(H,26,30)(H,25,27,28)/t18-/m1/s1. The Morgan fingerprint density at radius 3 is 2.81 bits per heavy atom. The van der Waals surface area contributed by atoms with Gasteiger partial charge in [0.2, 0.25) is 0 Å². The van der Waals surface area contributed by atoms with Crippen LogP contribution in [0.1, 0.15) is 22.2 Å². The highest BCUT2D eigenvalue weighted by molar-refractivity contribution is 9.10. The Labute approximate surface area is 201 Å². The number of rotatable bonds is 8. The number of carbonyl (C=O) groups excluding carboxylic acids is 1. The van der Waals surface area contributed by atoms with Gasteiger partial charge >= 0.3 is 0 Å². The first-order chi connectivity index (χ1) is 15.6. The van der Waals surface area contributed by atoms with Crippen molar-refractivity contribution in [2.75, 3.05) is 11.9 Å². The minimum Gasteiger partial charge on any atom is -0.387 e. The van der Waals surface area contributed by atoms with Crippen LogP contribution in [0.15, 0.2) is 86.8 Å². The van der Waals surface area contributed by atoms with Gasteiger partial charge in [0.1, 0.15) is 11.5 Å². The lowest BCUT2D eigenvalue weighted by Gasteiger charge is -2.12. The molecule has 0 bridgehead atoms. The Bertz CT molecular complexity index is 1210. The summed E-state index contributed by atoms with van der Waals surface area (Å²) < 4.78 is 1.83. The summed E-state index contributed by atoms with van der Waals surface area (Å²) in [5.74, 6) is 0.384. The van der Waals surface area contributed by atoms with Crippen molar-refractivity contribution in [2.45, 2.75) is 15.2 Å². The number of nitrogens with zero attached hydrogens (tertiary/aromatic N) is 3. The van der Waals surface area contributed by atoms with E-state index in [0.717, 1.165) is 30.1 Å². The molecular weight excluding hydrogens is 510 g/mol. The number of aliphatic hydroxyl groups is 1. The molecule has 3 heterocycles. The number of halogens is 1. The molecule has 1 amide bonds. The Kier molecular flexibility index (Phi) is 7.48. The molecule has 1 atom stereocenters. The number of aliphatic hydroxyl groups excluding tert-OH is 1. The van der Waals surface area contributed by atoms with E-state index in [1.165, 1.54) is 23.1 Å². The summed E-state index contributed by atoms with van der Waals surface area (Å²) in [7, 11) is 0. The molecule has 0 fully saturated rings. The lowest BCUT2D eigenvalue weighted by Crippen LogP contribution is -2.29. The van der Waals surface area contributed by atoms with Crippen molar-refractivity contribution in [3.8, 4) is 0 Å². The average molecular weight is 528 g/mol. The van der Waals surface area contributed by atoms with Gasteiger partial charge in [-0.3, -0.25) is 9.78 Å². The van der Waals surface area contributed by atoms with Gasteiger partial charge in [-0.2, -0.15) is 0 Å². The number of pyridine rings is 2. The van der Waals surface area contributed by atoms with Crippen molar-refractivity contribution >= 4 is 55.9 Å². The highest BCUT2D eigenvalue weighted by Gasteiger charge is 2.13. The second-order valence-corrected chi connectivity index (χ2v) is 9.90. The van der Waals surface area contributed by atoms with Gasteiger partial charge < -0.3 is 15.7 Å². The predicted octanol–water partition coefficient (Wildman–Crippen LogP) is 5.05. The van der Waals surface area contributed by atoms with Gasteiger partial charge in [0, 0.05) is 28.3 Å². The van der Waals surface area contributed by atoms with Crippen molar-refractivity contribution < 1.29 is 9.90 Å². The monoisotopic (exact) mass is 527 g/mol. The number of hydrogen-bond acceptors (Lipinski definition) is 8. The quantitative estimate of drug-likeness (QED) is 0.294. The van der Waals surface area contributed by atoms with Gasteiger partial charge in [0.15, 0.2) is 5.13 Å². The van der Waals surface area contributed by atoms with Crippen LogP contribution >= 0.6 is 39.0 Å². The number of carbonyl (C=O) groups is 1. The molecule has 7 nitrogen and oxygen atoms in total.